The fraction of sp³-hybridized carbons (Fsp3) is 0.364. The second-order valence-electron chi connectivity index (χ2n) is 3.48. The summed E-state index contributed by atoms with van der Waals surface area (Å²) < 4.78 is 5.08. The molecule has 1 aliphatic heterocycles. The van der Waals surface area contributed by atoms with E-state index >= 15 is 0 Å². The third-order valence-electron chi connectivity index (χ3n) is 2.22. The number of epoxide rings is 1. The Balaban J connectivity index is 1.90. The number of carbonyl (C=O) groups excluding carboxylic acids is 1. The van der Waals surface area contributed by atoms with Gasteiger partial charge in [-0.3, -0.25) is 4.79 Å². The Hall–Kier alpha value is -1.35. The Morgan fingerprint density at radius 2 is 2.14 bits per heavy atom. The summed E-state index contributed by atoms with van der Waals surface area (Å²) in [5.74, 6) is 0. The van der Waals surface area contributed by atoms with Gasteiger partial charge in [0, 0.05) is 13.1 Å². The normalized spacial score (nSPS) is 19.0. The van der Waals surface area contributed by atoms with E-state index in [1.807, 2.05) is 30.3 Å². The molecule has 2 rings (SSSR count). The lowest BCUT2D eigenvalue weighted by molar-refractivity contribution is -0.118. The number of hydrogen-bond donors (Lipinski definition) is 0. The van der Waals surface area contributed by atoms with Crippen molar-refractivity contribution >= 4 is 6.41 Å². The molecular weight excluding hydrogens is 178 g/mol. The van der Waals surface area contributed by atoms with Crippen molar-refractivity contribution in [2.45, 2.75) is 12.6 Å². The number of rotatable bonds is 5. The minimum absolute atomic E-state index is 0.268. The van der Waals surface area contributed by atoms with Gasteiger partial charge >= 0.3 is 0 Å². The van der Waals surface area contributed by atoms with Gasteiger partial charge < -0.3 is 9.64 Å². The van der Waals surface area contributed by atoms with E-state index in [2.05, 4.69) is 0 Å². The van der Waals surface area contributed by atoms with Crippen LogP contribution in [0.25, 0.3) is 0 Å². The number of amides is 1. The smallest absolute Gasteiger partial charge is 0.210 e. The highest BCUT2D eigenvalue weighted by Crippen LogP contribution is 2.11. The van der Waals surface area contributed by atoms with Crippen molar-refractivity contribution in [3.8, 4) is 0 Å². The van der Waals surface area contributed by atoms with Crippen LogP contribution in [0.5, 0.6) is 0 Å². The standard InChI is InChI=1S/C11H13NO2/c13-9-12(7-11-8-14-11)6-10-4-2-1-3-5-10/h1-5,9,11H,6-8H2. The van der Waals surface area contributed by atoms with Crippen molar-refractivity contribution < 1.29 is 9.53 Å². The molecule has 74 valence electrons. The lowest BCUT2D eigenvalue weighted by Gasteiger charge is -2.15. The second kappa shape index (κ2) is 4.24. The number of nitrogens with zero attached hydrogens (tertiary/aromatic N) is 1. The van der Waals surface area contributed by atoms with Crippen LogP contribution in [0.2, 0.25) is 0 Å². The molecular formula is C11H13NO2. The predicted octanol–water partition coefficient (Wildman–Crippen LogP) is 1.04. The third-order valence-corrected chi connectivity index (χ3v) is 2.22. The number of carbonyl (C=O) groups is 1. The number of hydrogen-bond acceptors (Lipinski definition) is 2. The van der Waals surface area contributed by atoms with Crippen LogP contribution in [0.4, 0.5) is 0 Å². The average Bonchev–Trinajstić information content (AvgIpc) is 3.02. The minimum Gasteiger partial charge on any atom is -0.371 e. The summed E-state index contributed by atoms with van der Waals surface area (Å²) >= 11 is 0. The van der Waals surface area contributed by atoms with Crippen molar-refractivity contribution in [3.63, 3.8) is 0 Å². The Morgan fingerprint density at radius 3 is 2.71 bits per heavy atom. The van der Waals surface area contributed by atoms with Gasteiger partial charge in [-0.2, -0.15) is 0 Å². The van der Waals surface area contributed by atoms with Gasteiger partial charge in [0.05, 0.1) is 12.7 Å². The molecule has 3 heteroatoms. The molecule has 0 aromatic heterocycles. The first-order valence-electron chi connectivity index (χ1n) is 4.73. The summed E-state index contributed by atoms with van der Waals surface area (Å²) in [4.78, 5) is 12.5. The topological polar surface area (TPSA) is 32.8 Å². The molecule has 1 aliphatic rings. The van der Waals surface area contributed by atoms with Gasteiger partial charge in [-0.1, -0.05) is 30.3 Å². The SMILES string of the molecule is O=CN(Cc1ccccc1)CC1CO1. The number of benzene rings is 1. The molecule has 14 heavy (non-hydrogen) atoms. The summed E-state index contributed by atoms with van der Waals surface area (Å²) in [6.45, 7) is 2.17. The lowest BCUT2D eigenvalue weighted by atomic mass is 10.2. The van der Waals surface area contributed by atoms with Crippen molar-refractivity contribution in [1.29, 1.82) is 0 Å². The zero-order valence-corrected chi connectivity index (χ0v) is 7.93. The molecule has 0 aliphatic carbocycles. The third kappa shape index (κ3) is 2.57. The Kier molecular flexibility index (Phi) is 2.79. The van der Waals surface area contributed by atoms with Crippen molar-refractivity contribution in [2.75, 3.05) is 13.2 Å². The van der Waals surface area contributed by atoms with Crippen LogP contribution in [-0.4, -0.2) is 30.6 Å². The van der Waals surface area contributed by atoms with E-state index in [1.54, 1.807) is 4.90 Å². The Labute approximate surface area is 83.3 Å². The largest absolute Gasteiger partial charge is 0.371 e. The van der Waals surface area contributed by atoms with E-state index in [0.717, 1.165) is 18.6 Å². The minimum atomic E-state index is 0.268. The highest BCUT2D eigenvalue weighted by molar-refractivity contribution is 5.47. The lowest BCUT2D eigenvalue weighted by Crippen LogP contribution is -2.25. The van der Waals surface area contributed by atoms with E-state index < -0.39 is 0 Å². The molecule has 0 bridgehead atoms. The number of ether oxygens (including phenoxy) is 1. The van der Waals surface area contributed by atoms with E-state index in [1.165, 1.54) is 0 Å². The van der Waals surface area contributed by atoms with Crippen LogP contribution in [0, 0.1) is 0 Å². The molecule has 1 aromatic rings. The van der Waals surface area contributed by atoms with Gasteiger partial charge in [0.15, 0.2) is 0 Å². The van der Waals surface area contributed by atoms with Gasteiger partial charge in [-0.25, -0.2) is 0 Å². The maximum Gasteiger partial charge on any atom is 0.210 e. The first kappa shape index (κ1) is 9.21. The van der Waals surface area contributed by atoms with Crippen LogP contribution in [0.3, 0.4) is 0 Å². The monoisotopic (exact) mass is 191 g/mol. The Morgan fingerprint density at radius 1 is 1.43 bits per heavy atom. The maximum atomic E-state index is 10.7. The quantitative estimate of drug-likeness (QED) is 0.514. The van der Waals surface area contributed by atoms with Gasteiger partial charge in [0.1, 0.15) is 0 Å². The molecule has 0 spiro atoms. The maximum absolute atomic E-state index is 10.7. The molecule has 0 N–H and O–H groups in total. The van der Waals surface area contributed by atoms with Gasteiger partial charge in [0.25, 0.3) is 0 Å². The fourth-order valence-electron chi connectivity index (χ4n) is 1.40. The van der Waals surface area contributed by atoms with Gasteiger partial charge in [-0.05, 0) is 5.56 Å². The molecule has 1 fully saturated rings. The first-order valence-corrected chi connectivity index (χ1v) is 4.73. The summed E-state index contributed by atoms with van der Waals surface area (Å²) in [6.07, 6.45) is 1.15. The van der Waals surface area contributed by atoms with E-state index in [0.29, 0.717) is 13.1 Å². The molecule has 0 radical (unpaired) electrons. The van der Waals surface area contributed by atoms with Gasteiger partial charge in [0.2, 0.25) is 6.41 Å². The highest BCUT2D eigenvalue weighted by Gasteiger charge is 2.24. The zero-order chi connectivity index (χ0) is 9.80. The molecule has 0 saturated carbocycles. The summed E-state index contributed by atoms with van der Waals surface area (Å²) in [5.41, 5.74) is 1.15. The first-order chi connectivity index (χ1) is 6.88. The molecule has 1 saturated heterocycles. The zero-order valence-electron chi connectivity index (χ0n) is 7.93. The molecule has 1 atom stereocenters. The van der Waals surface area contributed by atoms with Crippen LogP contribution >= 0.6 is 0 Å². The van der Waals surface area contributed by atoms with E-state index in [-0.39, 0.29) is 6.10 Å². The summed E-state index contributed by atoms with van der Waals surface area (Å²) in [6, 6.07) is 9.96. The fourth-order valence-corrected chi connectivity index (χ4v) is 1.40. The molecule has 1 heterocycles. The van der Waals surface area contributed by atoms with E-state index in [9.17, 15) is 4.79 Å². The molecule has 3 nitrogen and oxygen atoms in total. The van der Waals surface area contributed by atoms with Crippen molar-refractivity contribution in [2.24, 2.45) is 0 Å². The second-order valence-corrected chi connectivity index (χ2v) is 3.48. The van der Waals surface area contributed by atoms with Crippen molar-refractivity contribution in [1.82, 2.24) is 4.90 Å². The predicted molar refractivity (Wildman–Crippen MR) is 52.7 cm³/mol. The average molecular weight is 191 g/mol. The van der Waals surface area contributed by atoms with Crippen LogP contribution in [0.1, 0.15) is 5.56 Å². The van der Waals surface area contributed by atoms with Gasteiger partial charge in [-0.15, -0.1) is 0 Å². The van der Waals surface area contributed by atoms with Crippen LogP contribution < -0.4 is 0 Å². The summed E-state index contributed by atoms with van der Waals surface area (Å²) in [7, 11) is 0. The van der Waals surface area contributed by atoms with Crippen molar-refractivity contribution in [3.05, 3.63) is 35.9 Å². The molecule has 1 unspecified atom stereocenters. The van der Waals surface area contributed by atoms with Crippen LogP contribution in [-0.2, 0) is 16.1 Å². The van der Waals surface area contributed by atoms with Crippen LogP contribution in [0.15, 0.2) is 30.3 Å². The summed E-state index contributed by atoms with van der Waals surface area (Å²) in [5, 5.41) is 0. The molecule has 1 aromatic carbocycles. The molecule has 1 amide bonds. The highest BCUT2D eigenvalue weighted by atomic mass is 16.6. The van der Waals surface area contributed by atoms with E-state index in [4.69, 9.17) is 4.74 Å². The Bertz CT molecular complexity index is 295.